The highest BCUT2D eigenvalue weighted by Gasteiger charge is 2.08. The number of thiol groups is 1. The van der Waals surface area contributed by atoms with E-state index in [2.05, 4.69) is 27.6 Å². The van der Waals surface area contributed by atoms with Crippen LogP contribution in [0.1, 0.15) is 0 Å². The first-order valence-corrected chi connectivity index (χ1v) is 8.96. The van der Waals surface area contributed by atoms with E-state index in [-0.39, 0.29) is 16.4 Å². The lowest BCUT2D eigenvalue weighted by molar-refractivity contribution is 0.400. The van der Waals surface area contributed by atoms with Crippen molar-refractivity contribution < 1.29 is 13.5 Å². The monoisotopic (exact) mass is 429 g/mol. The van der Waals surface area contributed by atoms with E-state index in [0.717, 1.165) is 23.3 Å². The van der Waals surface area contributed by atoms with Gasteiger partial charge in [-0.05, 0) is 35.9 Å². The molecule has 0 saturated carbocycles. The van der Waals surface area contributed by atoms with Crippen molar-refractivity contribution in [1.29, 1.82) is 0 Å². The van der Waals surface area contributed by atoms with Crippen LogP contribution >= 0.6 is 12.6 Å². The summed E-state index contributed by atoms with van der Waals surface area (Å²) in [4.78, 5) is 22.7. The van der Waals surface area contributed by atoms with E-state index in [1.165, 1.54) is 13.2 Å². The van der Waals surface area contributed by atoms with Crippen LogP contribution in [-0.4, -0.2) is 22.1 Å². The summed E-state index contributed by atoms with van der Waals surface area (Å²) in [6, 6.07) is 10.3. The molecule has 0 aliphatic rings. The molecule has 0 bridgehead atoms. The van der Waals surface area contributed by atoms with Gasteiger partial charge in [-0.3, -0.25) is 9.78 Å². The van der Waals surface area contributed by atoms with Gasteiger partial charge in [-0.2, -0.15) is 0 Å². The van der Waals surface area contributed by atoms with Crippen LogP contribution in [0.2, 0.25) is 0 Å². The van der Waals surface area contributed by atoms with Crippen molar-refractivity contribution in [1.82, 2.24) is 15.0 Å². The fourth-order valence-corrected chi connectivity index (χ4v) is 2.75. The Bertz CT molecular complexity index is 1280. The highest BCUT2D eigenvalue weighted by atomic mass is 32.1. The molecule has 0 fully saturated rings. The molecular formula is C20H17F2N5O2S. The van der Waals surface area contributed by atoms with Crippen molar-refractivity contribution in [2.45, 2.75) is 4.90 Å². The van der Waals surface area contributed by atoms with Crippen LogP contribution < -0.4 is 21.8 Å². The lowest BCUT2D eigenvalue weighted by Gasteiger charge is -2.07. The van der Waals surface area contributed by atoms with E-state index in [0.29, 0.717) is 22.5 Å². The van der Waals surface area contributed by atoms with Gasteiger partial charge in [0.2, 0.25) is 11.8 Å². The summed E-state index contributed by atoms with van der Waals surface area (Å²) in [5, 5.41) is 0.455. The van der Waals surface area contributed by atoms with Crippen molar-refractivity contribution in [3.63, 3.8) is 0 Å². The first-order chi connectivity index (χ1) is 14.3. The van der Waals surface area contributed by atoms with Crippen LogP contribution in [0.15, 0.2) is 58.4 Å². The summed E-state index contributed by atoms with van der Waals surface area (Å²) in [7, 11) is 1.50. The van der Waals surface area contributed by atoms with Crippen molar-refractivity contribution in [2.75, 3.05) is 18.6 Å². The number of hydrogen-bond acceptors (Lipinski definition) is 7. The van der Waals surface area contributed by atoms with Gasteiger partial charge in [0, 0.05) is 22.7 Å². The number of ether oxygens (including phenoxy) is 1. The zero-order valence-corrected chi connectivity index (χ0v) is 16.6. The molecule has 0 spiro atoms. The van der Waals surface area contributed by atoms with Crippen LogP contribution in [0.25, 0.3) is 22.0 Å². The maximum Gasteiger partial charge on any atom is 0.260 e. The summed E-state index contributed by atoms with van der Waals surface area (Å²) >= 11 is 3.70. The Hall–Kier alpha value is -3.66. The van der Waals surface area contributed by atoms with E-state index in [1.807, 2.05) is 6.07 Å². The molecule has 0 unspecified atom stereocenters. The fourth-order valence-electron chi connectivity index (χ4n) is 2.62. The number of nitrogen functional groups attached to an aromatic ring is 2. The number of aromatic nitrogens is 3. The summed E-state index contributed by atoms with van der Waals surface area (Å²) < 4.78 is 29.4. The van der Waals surface area contributed by atoms with Crippen molar-refractivity contribution in [3.05, 3.63) is 70.6 Å². The number of hydrogen-bond donors (Lipinski definition) is 4. The van der Waals surface area contributed by atoms with Crippen LogP contribution in [0, 0.1) is 11.6 Å². The molecule has 4 rings (SSSR count). The van der Waals surface area contributed by atoms with Crippen LogP contribution in [0.4, 0.5) is 20.4 Å². The van der Waals surface area contributed by atoms with Gasteiger partial charge in [-0.25, -0.2) is 18.7 Å². The van der Waals surface area contributed by atoms with Gasteiger partial charge in [0.25, 0.3) is 5.56 Å². The van der Waals surface area contributed by atoms with E-state index < -0.39 is 11.6 Å². The van der Waals surface area contributed by atoms with Gasteiger partial charge in [-0.15, -0.1) is 12.6 Å². The standard InChI is InChI=1S/C14H13N5O2.C6H4F2S/c1-21-13-10(15)5-8(6-17-13)7-2-3-11-9(4-7)12(20)19-14(16)18-11;7-4-1-2-6(9)5(8)3-4/h2-6H,15H2,1H3,(H3,16,18,19,20);1-3,9H. The number of nitrogens with two attached hydrogens (primary N) is 2. The van der Waals surface area contributed by atoms with Crippen LogP contribution in [0.5, 0.6) is 5.88 Å². The summed E-state index contributed by atoms with van der Waals surface area (Å²) in [6.07, 6.45) is 1.63. The smallest absolute Gasteiger partial charge is 0.260 e. The Morgan fingerprint density at radius 1 is 1.07 bits per heavy atom. The Labute approximate surface area is 175 Å². The van der Waals surface area contributed by atoms with E-state index in [9.17, 15) is 13.6 Å². The quantitative estimate of drug-likeness (QED) is 0.363. The second kappa shape index (κ2) is 8.78. The SMILES string of the molecule is COc1ncc(-c2ccc3nc(N)[nH]c(=O)c3c2)cc1N.Fc1ccc(S)c(F)c1. The predicted octanol–water partition coefficient (Wildman–Crippen LogP) is 3.41. The third-order valence-corrected chi connectivity index (χ3v) is 4.40. The minimum Gasteiger partial charge on any atom is -0.480 e. The number of nitrogens with zero attached hydrogens (tertiary/aromatic N) is 2. The normalized spacial score (nSPS) is 10.4. The third-order valence-electron chi connectivity index (χ3n) is 4.04. The number of pyridine rings is 1. The number of fused-ring (bicyclic) bond motifs is 1. The highest BCUT2D eigenvalue weighted by molar-refractivity contribution is 7.80. The zero-order chi connectivity index (χ0) is 21.8. The second-order valence-electron chi connectivity index (χ2n) is 6.10. The molecule has 0 saturated heterocycles. The average molecular weight is 429 g/mol. The number of anilines is 2. The van der Waals surface area contributed by atoms with E-state index in [4.69, 9.17) is 16.2 Å². The van der Waals surface area contributed by atoms with Gasteiger partial charge in [0.1, 0.15) is 11.6 Å². The summed E-state index contributed by atoms with van der Waals surface area (Å²) in [5.41, 5.74) is 13.6. The van der Waals surface area contributed by atoms with E-state index in [1.54, 1.807) is 24.4 Å². The molecule has 30 heavy (non-hydrogen) atoms. The highest BCUT2D eigenvalue weighted by Crippen LogP contribution is 2.27. The maximum atomic E-state index is 12.3. The minimum absolute atomic E-state index is 0.0932. The van der Waals surface area contributed by atoms with Gasteiger partial charge < -0.3 is 16.2 Å². The largest absolute Gasteiger partial charge is 0.480 e. The summed E-state index contributed by atoms with van der Waals surface area (Å²) in [5.74, 6) is -0.744. The Balaban J connectivity index is 0.000000239. The van der Waals surface area contributed by atoms with Crippen LogP contribution in [-0.2, 0) is 0 Å². The molecule has 2 aromatic carbocycles. The van der Waals surface area contributed by atoms with Crippen molar-refractivity contribution in [3.8, 4) is 17.0 Å². The molecule has 2 heterocycles. The maximum absolute atomic E-state index is 12.3. The van der Waals surface area contributed by atoms with Gasteiger partial charge in [0.05, 0.1) is 23.7 Å². The molecule has 0 aliphatic heterocycles. The van der Waals surface area contributed by atoms with Crippen LogP contribution in [0.3, 0.4) is 0 Å². The molecule has 5 N–H and O–H groups in total. The first-order valence-electron chi connectivity index (χ1n) is 8.52. The second-order valence-corrected chi connectivity index (χ2v) is 6.58. The fraction of sp³-hybridized carbons (Fsp3) is 0.0500. The molecule has 0 atom stereocenters. The number of methoxy groups -OCH3 is 1. The molecule has 0 aliphatic carbocycles. The number of benzene rings is 2. The van der Waals surface area contributed by atoms with E-state index >= 15 is 0 Å². The first kappa shape index (κ1) is 21.1. The molecule has 2 aromatic heterocycles. The number of halogens is 2. The van der Waals surface area contributed by atoms with Crippen molar-refractivity contribution in [2.24, 2.45) is 0 Å². The Morgan fingerprint density at radius 2 is 1.83 bits per heavy atom. The van der Waals surface area contributed by atoms with Gasteiger partial charge in [0.15, 0.2) is 0 Å². The molecule has 0 amide bonds. The van der Waals surface area contributed by atoms with Crippen molar-refractivity contribution >= 4 is 35.2 Å². The molecule has 154 valence electrons. The Morgan fingerprint density at radius 3 is 2.47 bits per heavy atom. The molecule has 7 nitrogen and oxygen atoms in total. The summed E-state index contributed by atoms with van der Waals surface area (Å²) in [6.45, 7) is 0. The predicted molar refractivity (Wildman–Crippen MR) is 115 cm³/mol. The van der Waals surface area contributed by atoms with Gasteiger partial charge in [-0.1, -0.05) is 6.07 Å². The third kappa shape index (κ3) is 4.66. The molecular weight excluding hydrogens is 412 g/mol. The lowest BCUT2D eigenvalue weighted by atomic mass is 10.1. The number of rotatable bonds is 2. The number of nitrogens with one attached hydrogen (secondary N) is 1. The number of H-pyrrole nitrogens is 1. The Kier molecular flexibility index (Phi) is 6.17. The topological polar surface area (TPSA) is 120 Å². The molecule has 0 radical (unpaired) electrons. The number of aromatic amines is 1. The average Bonchev–Trinajstić information content (AvgIpc) is 2.71. The minimum atomic E-state index is -0.627. The molecule has 4 aromatic rings. The molecule has 10 heteroatoms. The zero-order valence-electron chi connectivity index (χ0n) is 15.7. The lowest BCUT2D eigenvalue weighted by Crippen LogP contribution is -2.11. The van der Waals surface area contributed by atoms with Gasteiger partial charge >= 0.3 is 0 Å².